The highest BCUT2D eigenvalue weighted by atomic mass is 35.5. The Hall–Kier alpha value is -2.56. The fraction of sp³-hybridized carbons (Fsp3) is 0.222. The van der Waals surface area contributed by atoms with Crippen LogP contribution in [0.25, 0.3) is 11.0 Å². The van der Waals surface area contributed by atoms with Gasteiger partial charge in [-0.2, -0.15) is 13.2 Å². The average molecular weight is 446 g/mol. The molecule has 0 bridgehead atoms. The summed E-state index contributed by atoms with van der Waals surface area (Å²) in [7, 11) is 1.47. The number of aromatic nitrogens is 2. The van der Waals surface area contributed by atoms with Crippen LogP contribution in [0, 0.1) is 0 Å². The van der Waals surface area contributed by atoms with Crippen LogP contribution in [0.1, 0.15) is 11.3 Å². The number of alkyl halides is 3. The number of nitrogens with zero attached hydrogens (tertiary/aromatic N) is 2. The third-order valence-electron chi connectivity index (χ3n) is 3.76. The molecule has 0 fully saturated rings. The summed E-state index contributed by atoms with van der Waals surface area (Å²) in [6.45, 7) is 0.354. The zero-order chi connectivity index (χ0) is 21.0. The third kappa shape index (κ3) is 5.08. The first-order valence-electron chi connectivity index (χ1n) is 8.22. The predicted octanol–water partition coefficient (Wildman–Crippen LogP) is 4.75. The molecule has 0 aliphatic carbocycles. The zero-order valence-electron chi connectivity index (χ0n) is 15.0. The van der Waals surface area contributed by atoms with Crippen molar-refractivity contribution in [1.82, 2.24) is 9.38 Å². The van der Waals surface area contributed by atoms with Gasteiger partial charge in [-0.15, -0.1) is 11.3 Å². The molecule has 1 aromatic carbocycles. The molecule has 1 amide bonds. The van der Waals surface area contributed by atoms with E-state index in [2.05, 4.69) is 10.3 Å². The summed E-state index contributed by atoms with van der Waals surface area (Å²) in [5.41, 5.74) is -0.529. The molecule has 154 valence electrons. The minimum absolute atomic E-state index is 0.0967. The largest absolute Gasteiger partial charge is 0.489 e. The molecule has 0 radical (unpaired) electrons. The lowest BCUT2D eigenvalue weighted by Crippen LogP contribution is -2.13. The molecule has 2 aromatic heterocycles. The molecular formula is C18H15ClF3N3O3S. The lowest BCUT2D eigenvalue weighted by atomic mass is 10.1. The number of halogens is 4. The molecule has 3 rings (SSSR count). The van der Waals surface area contributed by atoms with Gasteiger partial charge >= 0.3 is 6.18 Å². The van der Waals surface area contributed by atoms with Gasteiger partial charge in [0.25, 0.3) is 0 Å². The molecule has 1 N–H and O–H groups in total. The van der Waals surface area contributed by atoms with E-state index < -0.39 is 17.6 Å². The fourth-order valence-corrected chi connectivity index (χ4v) is 3.43. The summed E-state index contributed by atoms with van der Waals surface area (Å²) in [4.78, 5) is 17.1. The van der Waals surface area contributed by atoms with Crippen LogP contribution in [0.15, 0.2) is 35.9 Å². The maximum Gasteiger partial charge on any atom is 0.416 e. The van der Waals surface area contributed by atoms with Gasteiger partial charge in [0, 0.05) is 24.8 Å². The SMILES string of the molecule is COCCOc1ccc(C(F)(F)F)cc1NC(=O)/C=C/c1c(Cl)nc2sccn12. The summed E-state index contributed by atoms with van der Waals surface area (Å²) in [6.07, 6.45) is -0.225. The molecule has 0 saturated heterocycles. The van der Waals surface area contributed by atoms with Crippen molar-refractivity contribution < 1.29 is 27.4 Å². The van der Waals surface area contributed by atoms with Gasteiger partial charge in [0.05, 0.1) is 23.6 Å². The first kappa shape index (κ1) is 21.2. The molecule has 0 atom stereocenters. The minimum Gasteiger partial charge on any atom is -0.489 e. The molecule has 11 heteroatoms. The Bertz CT molecular complexity index is 1050. The van der Waals surface area contributed by atoms with E-state index in [0.29, 0.717) is 10.7 Å². The van der Waals surface area contributed by atoms with Crippen molar-refractivity contribution in [2.24, 2.45) is 0 Å². The lowest BCUT2D eigenvalue weighted by Gasteiger charge is -2.14. The third-order valence-corrected chi connectivity index (χ3v) is 4.79. The molecule has 3 aromatic rings. The number of methoxy groups -OCH3 is 1. The van der Waals surface area contributed by atoms with Crippen LogP contribution in [0.2, 0.25) is 5.15 Å². The van der Waals surface area contributed by atoms with Crippen molar-refractivity contribution in [3.05, 3.63) is 52.3 Å². The number of hydrogen-bond acceptors (Lipinski definition) is 5. The molecule has 6 nitrogen and oxygen atoms in total. The highest BCUT2D eigenvalue weighted by Crippen LogP contribution is 2.35. The van der Waals surface area contributed by atoms with Crippen molar-refractivity contribution >= 4 is 45.6 Å². The van der Waals surface area contributed by atoms with Crippen LogP contribution in [0.5, 0.6) is 5.75 Å². The van der Waals surface area contributed by atoms with Crippen molar-refractivity contribution in [2.75, 3.05) is 25.6 Å². The molecule has 29 heavy (non-hydrogen) atoms. The predicted molar refractivity (Wildman–Crippen MR) is 105 cm³/mol. The average Bonchev–Trinajstić information content (AvgIpc) is 3.21. The molecule has 2 heterocycles. The minimum atomic E-state index is -4.56. The Labute approximate surface area is 172 Å². The van der Waals surface area contributed by atoms with Crippen molar-refractivity contribution in [3.8, 4) is 5.75 Å². The second-order valence-electron chi connectivity index (χ2n) is 5.72. The van der Waals surface area contributed by atoms with Crippen molar-refractivity contribution in [3.63, 3.8) is 0 Å². The number of anilines is 1. The zero-order valence-corrected chi connectivity index (χ0v) is 16.6. The quantitative estimate of drug-likeness (QED) is 0.421. The van der Waals surface area contributed by atoms with Gasteiger partial charge in [0.2, 0.25) is 5.91 Å². The Morgan fingerprint density at radius 2 is 2.17 bits per heavy atom. The number of nitrogens with one attached hydrogen (secondary N) is 1. The number of amides is 1. The van der Waals surface area contributed by atoms with E-state index in [0.717, 1.165) is 24.3 Å². The van der Waals surface area contributed by atoms with Gasteiger partial charge in [-0.3, -0.25) is 9.20 Å². The highest BCUT2D eigenvalue weighted by Gasteiger charge is 2.31. The lowest BCUT2D eigenvalue weighted by molar-refractivity contribution is -0.137. The van der Waals surface area contributed by atoms with E-state index in [1.165, 1.54) is 24.5 Å². The Balaban J connectivity index is 1.81. The van der Waals surface area contributed by atoms with Crippen LogP contribution < -0.4 is 10.1 Å². The summed E-state index contributed by atoms with van der Waals surface area (Å²) in [5, 5.41) is 4.43. The van der Waals surface area contributed by atoms with Gasteiger partial charge in [-0.1, -0.05) is 11.6 Å². The molecule has 0 aliphatic heterocycles. The summed E-state index contributed by atoms with van der Waals surface area (Å²) >= 11 is 7.43. The number of fused-ring (bicyclic) bond motifs is 1. The maximum absolute atomic E-state index is 13.0. The molecule has 0 unspecified atom stereocenters. The van der Waals surface area contributed by atoms with Crippen LogP contribution in [-0.4, -0.2) is 35.6 Å². The second kappa shape index (κ2) is 8.85. The first-order chi connectivity index (χ1) is 13.8. The first-order valence-corrected chi connectivity index (χ1v) is 9.48. The van der Waals surface area contributed by atoms with Crippen LogP contribution in [-0.2, 0) is 15.7 Å². The Kier molecular flexibility index (Phi) is 6.46. The van der Waals surface area contributed by atoms with E-state index in [4.69, 9.17) is 21.1 Å². The van der Waals surface area contributed by atoms with Gasteiger partial charge in [-0.05, 0) is 24.3 Å². The van der Waals surface area contributed by atoms with Crippen LogP contribution in [0.4, 0.5) is 18.9 Å². The standard InChI is InChI=1S/C18H15ClF3N3O3S/c1-27-7-8-28-14-4-2-11(18(20,21)22)10-12(14)23-15(26)5-3-13-16(19)24-17-25(13)6-9-29-17/h2-6,9-10H,7-8H2,1H3,(H,23,26)/b5-3+. The molecule has 0 spiro atoms. The van der Waals surface area contributed by atoms with Crippen LogP contribution >= 0.6 is 22.9 Å². The topological polar surface area (TPSA) is 64.9 Å². The van der Waals surface area contributed by atoms with E-state index in [-0.39, 0.29) is 29.8 Å². The van der Waals surface area contributed by atoms with Crippen molar-refractivity contribution in [2.45, 2.75) is 6.18 Å². The number of thiazole rings is 1. The smallest absolute Gasteiger partial charge is 0.416 e. The molecule has 0 saturated carbocycles. The Morgan fingerprint density at radius 1 is 1.38 bits per heavy atom. The van der Waals surface area contributed by atoms with Gasteiger partial charge in [-0.25, -0.2) is 4.98 Å². The van der Waals surface area contributed by atoms with E-state index in [1.54, 1.807) is 10.6 Å². The monoisotopic (exact) mass is 445 g/mol. The second-order valence-corrected chi connectivity index (χ2v) is 6.95. The number of rotatable bonds is 7. The fourth-order valence-electron chi connectivity index (χ4n) is 2.42. The highest BCUT2D eigenvalue weighted by molar-refractivity contribution is 7.15. The normalized spacial score (nSPS) is 12.0. The van der Waals surface area contributed by atoms with Crippen molar-refractivity contribution in [1.29, 1.82) is 0 Å². The van der Waals surface area contributed by atoms with E-state index >= 15 is 0 Å². The number of imidazole rings is 1. The summed E-state index contributed by atoms with van der Waals surface area (Å²) < 4.78 is 51.0. The summed E-state index contributed by atoms with van der Waals surface area (Å²) in [6, 6.07) is 2.85. The van der Waals surface area contributed by atoms with Gasteiger partial charge in [0.15, 0.2) is 10.1 Å². The maximum atomic E-state index is 13.0. The van der Waals surface area contributed by atoms with E-state index in [1.807, 2.05) is 5.38 Å². The number of ether oxygens (including phenoxy) is 2. The number of carbonyl (C=O) groups is 1. The number of benzene rings is 1. The number of carbonyl (C=O) groups excluding carboxylic acids is 1. The van der Waals surface area contributed by atoms with Gasteiger partial charge < -0.3 is 14.8 Å². The number of hydrogen-bond donors (Lipinski definition) is 1. The Morgan fingerprint density at radius 3 is 2.90 bits per heavy atom. The molecular weight excluding hydrogens is 431 g/mol. The van der Waals surface area contributed by atoms with Gasteiger partial charge in [0.1, 0.15) is 12.4 Å². The summed E-state index contributed by atoms with van der Waals surface area (Å²) in [5.74, 6) is -0.554. The molecule has 0 aliphatic rings. The van der Waals surface area contributed by atoms with E-state index in [9.17, 15) is 18.0 Å². The van der Waals surface area contributed by atoms with Crippen LogP contribution in [0.3, 0.4) is 0 Å².